The van der Waals surface area contributed by atoms with E-state index in [0.717, 1.165) is 5.39 Å². The second-order valence-corrected chi connectivity index (χ2v) is 4.15. The van der Waals surface area contributed by atoms with E-state index in [1.807, 2.05) is 12.1 Å². The molecule has 0 bridgehead atoms. The smallest absolute Gasteiger partial charge is 0.356 e. The van der Waals surface area contributed by atoms with Gasteiger partial charge in [-0.05, 0) is 12.1 Å². The number of aromatic carboxylic acids is 1. The molecule has 90 valence electrons. The number of carbonyl (C=O) groups is 1. The molecule has 2 heterocycles. The Morgan fingerprint density at radius 3 is 2.89 bits per heavy atom. The van der Waals surface area contributed by atoms with Crippen LogP contribution in [0.2, 0.25) is 5.02 Å². The van der Waals surface area contributed by atoms with Gasteiger partial charge in [0.1, 0.15) is 5.69 Å². The number of H-pyrrole nitrogens is 1. The minimum atomic E-state index is -1.09. The number of aromatic amines is 1. The predicted octanol–water partition coefficient (Wildman–Crippen LogP) is 3.17. The summed E-state index contributed by atoms with van der Waals surface area (Å²) in [6, 6.07) is 8.60. The summed E-state index contributed by atoms with van der Waals surface area (Å²) in [6.07, 6.45) is 0. The Bertz CT molecular complexity index is 745. The van der Waals surface area contributed by atoms with Crippen molar-refractivity contribution in [1.29, 1.82) is 0 Å². The molecule has 2 aromatic heterocycles. The lowest BCUT2D eigenvalue weighted by Crippen LogP contribution is -1.95. The van der Waals surface area contributed by atoms with Crippen molar-refractivity contribution in [1.82, 2.24) is 10.2 Å². The first-order chi connectivity index (χ1) is 8.65. The molecule has 0 aliphatic heterocycles. The molecule has 3 aromatic rings. The number of furan rings is 1. The molecule has 1 aromatic carbocycles. The summed E-state index contributed by atoms with van der Waals surface area (Å²) in [4.78, 5) is 10.7. The number of hydrogen-bond acceptors (Lipinski definition) is 3. The zero-order chi connectivity index (χ0) is 12.7. The Labute approximate surface area is 106 Å². The van der Waals surface area contributed by atoms with Gasteiger partial charge in [-0.2, -0.15) is 5.10 Å². The Kier molecular flexibility index (Phi) is 2.34. The first-order valence-corrected chi connectivity index (χ1v) is 5.50. The van der Waals surface area contributed by atoms with Crippen molar-refractivity contribution in [3.8, 4) is 11.5 Å². The van der Waals surface area contributed by atoms with Crippen molar-refractivity contribution in [2.45, 2.75) is 0 Å². The molecule has 0 saturated carbocycles. The number of carboxylic acids is 1. The van der Waals surface area contributed by atoms with E-state index < -0.39 is 5.97 Å². The van der Waals surface area contributed by atoms with Crippen LogP contribution in [0.4, 0.5) is 0 Å². The summed E-state index contributed by atoms with van der Waals surface area (Å²) in [5.41, 5.74) is 1.01. The van der Waals surface area contributed by atoms with Crippen LogP contribution in [0.25, 0.3) is 22.4 Å². The van der Waals surface area contributed by atoms with Crippen LogP contribution in [0, 0.1) is 0 Å². The molecule has 0 spiro atoms. The molecule has 0 aliphatic carbocycles. The minimum absolute atomic E-state index is 0.0587. The average Bonchev–Trinajstić information content (AvgIpc) is 2.95. The van der Waals surface area contributed by atoms with E-state index in [4.69, 9.17) is 21.1 Å². The van der Waals surface area contributed by atoms with Gasteiger partial charge in [-0.1, -0.05) is 23.7 Å². The number of nitrogens with one attached hydrogen (secondary N) is 1. The summed E-state index contributed by atoms with van der Waals surface area (Å²) in [6.45, 7) is 0. The third kappa shape index (κ3) is 1.65. The normalized spacial score (nSPS) is 10.9. The van der Waals surface area contributed by atoms with Gasteiger partial charge in [-0.15, -0.1) is 0 Å². The molecule has 5 nitrogen and oxygen atoms in total. The highest BCUT2D eigenvalue weighted by atomic mass is 35.5. The number of aromatic nitrogens is 2. The SMILES string of the molecule is O=C(O)c1cc(-c2cc3cccc(Cl)c3o2)[nH]n1. The first kappa shape index (κ1) is 10.9. The van der Waals surface area contributed by atoms with Gasteiger partial charge in [0, 0.05) is 11.5 Å². The second kappa shape index (κ2) is 3.89. The number of benzene rings is 1. The number of carboxylic acid groups (broad SMARTS) is 1. The van der Waals surface area contributed by atoms with Crippen molar-refractivity contribution in [2.75, 3.05) is 0 Å². The van der Waals surface area contributed by atoms with Crippen molar-refractivity contribution < 1.29 is 14.3 Å². The van der Waals surface area contributed by atoms with E-state index >= 15 is 0 Å². The quantitative estimate of drug-likeness (QED) is 0.743. The fourth-order valence-corrected chi connectivity index (χ4v) is 1.94. The van der Waals surface area contributed by atoms with Crippen molar-refractivity contribution in [3.05, 3.63) is 41.0 Å². The number of nitrogens with zero attached hydrogens (tertiary/aromatic N) is 1. The van der Waals surface area contributed by atoms with Crippen LogP contribution in [-0.4, -0.2) is 21.3 Å². The van der Waals surface area contributed by atoms with Crippen molar-refractivity contribution >= 4 is 28.5 Å². The zero-order valence-corrected chi connectivity index (χ0v) is 9.73. The summed E-state index contributed by atoms with van der Waals surface area (Å²) in [5.74, 6) is -0.593. The highest BCUT2D eigenvalue weighted by Gasteiger charge is 2.13. The van der Waals surface area contributed by atoms with E-state index in [1.54, 1.807) is 12.1 Å². The maximum atomic E-state index is 10.7. The molecule has 0 aliphatic rings. The van der Waals surface area contributed by atoms with Gasteiger partial charge in [-0.25, -0.2) is 4.79 Å². The molecule has 0 saturated heterocycles. The Morgan fingerprint density at radius 1 is 1.39 bits per heavy atom. The maximum absolute atomic E-state index is 10.7. The topological polar surface area (TPSA) is 79.1 Å². The summed E-state index contributed by atoms with van der Waals surface area (Å²) in [5, 5.41) is 16.4. The number of rotatable bonds is 2. The van der Waals surface area contributed by atoms with Crippen LogP contribution in [0.1, 0.15) is 10.5 Å². The van der Waals surface area contributed by atoms with Gasteiger partial charge in [0.25, 0.3) is 0 Å². The van der Waals surface area contributed by atoms with E-state index in [2.05, 4.69) is 10.2 Å². The van der Waals surface area contributed by atoms with Crippen LogP contribution >= 0.6 is 11.6 Å². The lowest BCUT2D eigenvalue weighted by Gasteiger charge is -1.90. The standard InChI is InChI=1S/C12H7ClN2O3/c13-7-3-1-2-6-4-10(18-11(6)7)8-5-9(12(16)17)15-14-8/h1-5H,(H,14,15)(H,16,17). The molecule has 0 amide bonds. The zero-order valence-electron chi connectivity index (χ0n) is 8.98. The van der Waals surface area contributed by atoms with Crippen molar-refractivity contribution in [2.24, 2.45) is 0 Å². The van der Waals surface area contributed by atoms with E-state index in [1.165, 1.54) is 6.07 Å². The van der Waals surface area contributed by atoms with Gasteiger partial charge in [0.05, 0.1) is 5.02 Å². The number of para-hydroxylation sites is 1. The Hall–Kier alpha value is -2.27. The molecular weight excluding hydrogens is 256 g/mol. The number of fused-ring (bicyclic) bond motifs is 1. The summed E-state index contributed by atoms with van der Waals surface area (Å²) >= 11 is 6.00. The number of hydrogen-bond donors (Lipinski definition) is 2. The summed E-state index contributed by atoms with van der Waals surface area (Å²) in [7, 11) is 0. The van der Waals surface area contributed by atoms with E-state index in [-0.39, 0.29) is 5.69 Å². The summed E-state index contributed by atoms with van der Waals surface area (Å²) < 4.78 is 5.58. The molecule has 0 unspecified atom stereocenters. The third-order valence-corrected chi connectivity index (χ3v) is 2.86. The van der Waals surface area contributed by atoms with Crippen LogP contribution in [0.15, 0.2) is 34.7 Å². The molecule has 0 radical (unpaired) electrons. The van der Waals surface area contributed by atoms with Crippen LogP contribution in [0.5, 0.6) is 0 Å². The molecule has 0 atom stereocenters. The Balaban J connectivity index is 2.13. The maximum Gasteiger partial charge on any atom is 0.356 e. The van der Waals surface area contributed by atoms with Crippen molar-refractivity contribution in [3.63, 3.8) is 0 Å². The highest BCUT2D eigenvalue weighted by Crippen LogP contribution is 2.31. The monoisotopic (exact) mass is 262 g/mol. The minimum Gasteiger partial charge on any atom is -0.476 e. The second-order valence-electron chi connectivity index (χ2n) is 3.74. The molecule has 6 heteroatoms. The fraction of sp³-hybridized carbons (Fsp3) is 0. The molecular formula is C12H7ClN2O3. The van der Waals surface area contributed by atoms with Gasteiger partial charge in [0.2, 0.25) is 0 Å². The van der Waals surface area contributed by atoms with Gasteiger partial charge >= 0.3 is 5.97 Å². The van der Waals surface area contributed by atoms with Gasteiger partial charge < -0.3 is 9.52 Å². The fourth-order valence-electron chi connectivity index (χ4n) is 1.72. The molecule has 3 rings (SSSR count). The Morgan fingerprint density at radius 2 is 2.22 bits per heavy atom. The van der Waals surface area contributed by atoms with E-state index in [9.17, 15) is 4.79 Å². The predicted molar refractivity (Wildman–Crippen MR) is 65.8 cm³/mol. The average molecular weight is 263 g/mol. The van der Waals surface area contributed by atoms with Gasteiger partial charge in [0.15, 0.2) is 17.0 Å². The molecule has 2 N–H and O–H groups in total. The number of halogens is 1. The van der Waals surface area contributed by atoms with Crippen LogP contribution in [-0.2, 0) is 0 Å². The lowest BCUT2D eigenvalue weighted by molar-refractivity contribution is 0.0690. The lowest BCUT2D eigenvalue weighted by atomic mass is 10.2. The van der Waals surface area contributed by atoms with E-state index in [0.29, 0.717) is 22.1 Å². The van der Waals surface area contributed by atoms with Crippen LogP contribution < -0.4 is 0 Å². The third-order valence-electron chi connectivity index (χ3n) is 2.56. The first-order valence-electron chi connectivity index (χ1n) is 5.12. The van der Waals surface area contributed by atoms with Crippen LogP contribution in [0.3, 0.4) is 0 Å². The molecule has 18 heavy (non-hydrogen) atoms. The van der Waals surface area contributed by atoms with Gasteiger partial charge in [-0.3, -0.25) is 5.10 Å². The highest BCUT2D eigenvalue weighted by molar-refractivity contribution is 6.34. The largest absolute Gasteiger partial charge is 0.476 e. The molecule has 0 fully saturated rings.